The number of carbonyl (C=O) groups is 3. The standard InChI is InChI=1S/C15H18N4O3/c16-11(20)7-10-1-2-12(17-8-10)19-6-5-15(9-19)4-3-13(21)18-14(15)22/h1-2,8H,3-7,9H2,(H2,16,20)(H,18,21,22). The maximum Gasteiger partial charge on any atom is 0.234 e. The second-order valence-corrected chi connectivity index (χ2v) is 6.00. The number of anilines is 1. The summed E-state index contributed by atoms with van der Waals surface area (Å²) in [6.07, 6.45) is 3.51. The van der Waals surface area contributed by atoms with Crippen molar-refractivity contribution in [2.45, 2.75) is 25.7 Å². The maximum atomic E-state index is 12.2. The van der Waals surface area contributed by atoms with E-state index in [9.17, 15) is 14.4 Å². The van der Waals surface area contributed by atoms with E-state index in [0.29, 0.717) is 19.4 Å². The molecule has 1 spiro atoms. The lowest BCUT2D eigenvalue weighted by atomic mass is 9.79. The highest BCUT2D eigenvalue weighted by Crippen LogP contribution is 2.39. The molecular formula is C15H18N4O3. The number of hydrogen-bond acceptors (Lipinski definition) is 5. The average molecular weight is 302 g/mol. The van der Waals surface area contributed by atoms with Gasteiger partial charge in [0.2, 0.25) is 17.7 Å². The molecule has 0 radical (unpaired) electrons. The predicted octanol–water partition coefficient (Wildman–Crippen LogP) is -0.258. The summed E-state index contributed by atoms with van der Waals surface area (Å²) in [5.41, 5.74) is 5.44. The van der Waals surface area contributed by atoms with E-state index in [1.165, 1.54) is 0 Å². The normalized spacial score (nSPS) is 24.6. The average Bonchev–Trinajstić information content (AvgIpc) is 2.89. The number of primary amides is 1. The van der Waals surface area contributed by atoms with E-state index < -0.39 is 11.3 Å². The van der Waals surface area contributed by atoms with Crippen LogP contribution in [0.4, 0.5) is 5.82 Å². The summed E-state index contributed by atoms with van der Waals surface area (Å²) in [6, 6.07) is 3.66. The summed E-state index contributed by atoms with van der Waals surface area (Å²) >= 11 is 0. The van der Waals surface area contributed by atoms with E-state index in [1.807, 2.05) is 17.0 Å². The van der Waals surface area contributed by atoms with Gasteiger partial charge in [0.25, 0.3) is 0 Å². The minimum atomic E-state index is -0.485. The van der Waals surface area contributed by atoms with E-state index in [-0.39, 0.29) is 18.2 Å². The van der Waals surface area contributed by atoms with Crippen LogP contribution < -0.4 is 16.0 Å². The van der Waals surface area contributed by atoms with Crippen molar-refractivity contribution < 1.29 is 14.4 Å². The third-order valence-corrected chi connectivity index (χ3v) is 4.43. The fraction of sp³-hybridized carbons (Fsp3) is 0.467. The molecule has 3 heterocycles. The van der Waals surface area contributed by atoms with Crippen molar-refractivity contribution in [3.8, 4) is 0 Å². The number of nitrogens with two attached hydrogens (primary N) is 1. The van der Waals surface area contributed by atoms with Crippen LogP contribution >= 0.6 is 0 Å². The number of carbonyl (C=O) groups excluding carboxylic acids is 3. The molecule has 0 aromatic carbocycles. The number of imide groups is 1. The third-order valence-electron chi connectivity index (χ3n) is 4.43. The minimum Gasteiger partial charge on any atom is -0.369 e. The molecule has 0 saturated carbocycles. The Kier molecular flexibility index (Phi) is 3.56. The fourth-order valence-electron chi connectivity index (χ4n) is 3.15. The Morgan fingerprint density at radius 3 is 2.82 bits per heavy atom. The van der Waals surface area contributed by atoms with Crippen LogP contribution in [0.2, 0.25) is 0 Å². The second-order valence-electron chi connectivity index (χ2n) is 6.00. The van der Waals surface area contributed by atoms with Crippen LogP contribution in [-0.2, 0) is 20.8 Å². The van der Waals surface area contributed by atoms with Crippen molar-refractivity contribution in [3.05, 3.63) is 23.9 Å². The first-order valence-electron chi connectivity index (χ1n) is 7.31. The van der Waals surface area contributed by atoms with Crippen LogP contribution in [-0.4, -0.2) is 35.8 Å². The summed E-state index contributed by atoms with van der Waals surface area (Å²) in [5.74, 6) is 0.0209. The Labute approximate surface area is 127 Å². The molecule has 1 unspecified atom stereocenters. The molecule has 1 atom stereocenters. The first-order chi connectivity index (χ1) is 10.5. The summed E-state index contributed by atoms with van der Waals surface area (Å²) in [4.78, 5) is 40.7. The Balaban J connectivity index is 1.71. The number of rotatable bonds is 3. The minimum absolute atomic E-state index is 0.168. The molecule has 2 aliphatic heterocycles. The lowest BCUT2D eigenvalue weighted by Crippen LogP contribution is -2.50. The van der Waals surface area contributed by atoms with Gasteiger partial charge in [-0.3, -0.25) is 19.7 Å². The van der Waals surface area contributed by atoms with Crippen molar-refractivity contribution in [3.63, 3.8) is 0 Å². The van der Waals surface area contributed by atoms with Gasteiger partial charge in [0.1, 0.15) is 5.82 Å². The summed E-state index contributed by atoms with van der Waals surface area (Å²) in [6.45, 7) is 1.29. The Bertz CT molecular complexity index is 628. The topological polar surface area (TPSA) is 105 Å². The van der Waals surface area contributed by atoms with Gasteiger partial charge in [-0.05, 0) is 24.5 Å². The van der Waals surface area contributed by atoms with Crippen molar-refractivity contribution in [2.75, 3.05) is 18.0 Å². The fourth-order valence-corrected chi connectivity index (χ4v) is 3.15. The van der Waals surface area contributed by atoms with Gasteiger partial charge < -0.3 is 10.6 Å². The molecule has 1 aromatic heterocycles. The molecular weight excluding hydrogens is 284 g/mol. The molecule has 7 heteroatoms. The third kappa shape index (κ3) is 2.66. The maximum absolute atomic E-state index is 12.2. The molecule has 22 heavy (non-hydrogen) atoms. The number of piperidine rings is 1. The predicted molar refractivity (Wildman–Crippen MR) is 78.8 cm³/mol. The van der Waals surface area contributed by atoms with Crippen LogP contribution in [0.1, 0.15) is 24.8 Å². The molecule has 1 aromatic rings. The molecule has 3 rings (SSSR count). The van der Waals surface area contributed by atoms with Gasteiger partial charge in [0.05, 0.1) is 11.8 Å². The van der Waals surface area contributed by atoms with Crippen molar-refractivity contribution >= 4 is 23.5 Å². The molecule has 2 saturated heterocycles. The lowest BCUT2D eigenvalue weighted by Gasteiger charge is -2.31. The first-order valence-corrected chi connectivity index (χ1v) is 7.31. The highest BCUT2D eigenvalue weighted by Gasteiger charge is 2.47. The van der Waals surface area contributed by atoms with Crippen LogP contribution in [0, 0.1) is 5.41 Å². The number of pyridine rings is 1. The van der Waals surface area contributed by atoms with Gasteiger partial charge in [0.15, 0.2) is 0 Å². The van der Waals surface area contributed by atoms with E-state index in [2.05, 4.69) is 10.3 Å². The van der Waals surface area contributed by atoms with Crippen molar-refractivity contribution in [1.29, 1.82) is 0 Å². The van der Waals surface area contributed by atoms with Crippen LogP contribution in [0.25, 0.3) is 0 Å². The monoisotopic (exact) mass is 302 g/mol. The van der Waals surface area contributed by atoms with Crippen LogP contribution in [0.5, 0.6) is 0 Å². The number of amides is 3. The smallest absolute Gasteiger partial charge is 0.234 e. The quantitative estimate of drug-likeness (QED) is 0.749. The van der Waals surface area contributed by atoms with E-state index in [4.69, 9.17) is 5.73 Å². The molecule has 7 nitrogen and oxygen atoms in total. The zero-order chi connectivity index (χ0) is 15.7. The Hall–Kier alpha value is -2.44. The zero-order valence-corrected chi connectivity index (χ0v) is 12.2. The molecule has 116 valence electrons. The van der Waals surface area contributed by atoms with Gasteiger partial charge in [-0.25, -0.2) is 4.98 Å². The van der Waals surface area contributed by atoms with Gasteiger partial charge >= 0.3 is 0 Å². The van der Waals surface area contributed by atoms with Crippen LogP contribution in [0.15, 0.2) is 18.3 Å². The summed E-state index contributed by atoms with van der Waals surface area (Å²) in [7, 11) is 0. The Morgan fingerprint density at radius 2 is 2.18 bits per heavy atom. The molecule has 2 fully saturated rings. The second kappa shape index (κ2) is 5.40. The number of nitrogens with one attached hydrogen (secondary N) is 1. The SMILES string of the molecule is NC(=O)Cc1ccc(N2CCC3(CCC(=O)NC3=O)C2)nc1. The molecule has 2 aliphatic rings. The highest BCUT2D eigenvalue weighted by molar-refractivity contribution is 6.01. The summed E-state index contributed by atoms with van der Waals surface area (Å²) < 4.78 is 0. The van der Waals surface area contributed by atoms with E-state index in [0.717, 1.165) is 24.3 Å². The number of aromatic nitrogens is 1. The molecule has 0 bridgehead atoms. The molecule has 3 N–H and O–H groups in total. The van der Waals surface area contributed by atoms with Gasteiger partial charge in [0, 0.05) is 25.7 Å². The molecule has 3 amide bonds. The van der Waals surface area contributed by atoms with Crippen molar-refractivity contribution in [2.24, 2.45) is 11.1 Å². The Morgan fingerprint density at radius 1 is 1.36 bits per heavy atom. The van der Waals surface area contributed by atoms with Crippen molar-refractivity contribution in [1.82, 2.24) is 10.3 Å². The largest absolute Gasteiger partial charge is 0.369 e. The highest BCUT2D eigenvalue weighted by atomic mass is 16.2. The number of nitrogens with zero attached hydrogens (tertiary/aromatic N) is 2. The summed E-state index contributed by atoms with van der Waals surface area (Å²) in [5, 5.41) is 2.44. The van der Waals surface area contributed by atoms with Gasteiger partial charge in [-0.2, -0.15) is 0 Å². The lowest BCUT2D eigenvalue weighted by molar-refractivity contribution is -0.140. The van der Waals surface area contributed by atoms with Gasteiger partial charge in [-0.1, -0.05) is 6.07 Å². The van der Waals surface area contributed by atoms with E-state index >= 15 is 0 Å². The van der Waals surface area contributed by atoms with Gasteiger partial charge in [-0.15, -0.1) is 0 Å². The zero-order valence-electron chi connectivity index (χ0n) is 12.2. The van der Waals surface area contributed by atoms with E-state index in [1.54, 1.807) is 6.20 Å². The first kappa shape index (κ1) is 14.5. The number of hydrogen-bond donors (Lipinski definition) is 2. The molecule has 0 aliphatic carbocycles. The van der Waals surface area contributed by atoms with Crippen LogP contribution in [0.3, 0.4) is 0 Å².